The fraction of sp³-hybridized carbons (Fsp3) is 0.250. The zero-order valence-electron chi connectivity index (χ0n) is 9.52. The smallest absolute Gasteiger partial charge is 0.346 e. The molecule has 0 bridgehead atoms. The molecule has 0 radical (unpaired) electrons. The van der Waals surface area contributed by atoms with Crippen LogP contribution in [0.15, 0.2) is 39.7 Å². The van der Waals surface area contributed by atoms with Crippen molar-refractivity contribution >= 4 is 11.9 Å². The molecule has 0 N–H and O–H groups in total. The summed E-state index contributed by atoms with van der Waals surface area (Å²) >= 11 is 0. The van der Waals surface area contributed by atoms with Gasteiger partial charge >= 0.3 is 11.9 Å². The Balaban J connectivity index is 2.36. The number of hydrogen-bond acceptors (Lipinski definition) is 5. The molecule has 2 heterocycles. The summed E-state index contributed by atoms with van der Waals surface area (Å²) in [7, 11) is 0. The Morgan fingerprint density at radius 1 is 1.41 bits per heavy atom. The quantitative estimate of drug-likeness (QED) is 0.440. The minimum absolute atomic E-state index is 0.305. The molecule has 1 aromatic heterocycles. The van der Waals surface area contributed by atoms with Gasteiger partial charge in [-0.1, -0.05) is 6.08 Å². The third kappa shape index (κ3) is 2.04. The molecule has 1 aliphatic rings. The highest BCUT2D eigenvalue weighted by Gasteiger charge is 2.34. The summed E-state index contributed by atoms with van der Waals surface area (Å²) in [5, 5.41) is 0. The Morgan fingerprint density at radius 2 is 2.18 bits per heavy atom. The number of allylic oxidation sites excluding steroid dienone is 2. The van der Waals surface area contributed by atoms with E-state index in [0.717, 1.165) is 0 Å². The fourth-order valence-corrected chi connectivity index (χ4v) is 1.72. The molecule has 5 heteroatoms. The second-order valence-electron chi connectivity index (χ2n) is 3.64. The van der Waals surface area contributed by atoms with Gasteiger partial charge in [-0.15, -0.1) is 0 Å². The maximum absolute atomic E-state index is 11.5. The molecule has 0 amide bonds. The average Bonchev–Trinajstić information content (AvgIpc) is 2.85. The lowest BCUT2D eigenvalue weighted by Gasteiger charge is -2.00. The second kappa shape index (κ2) is 4.37. The molecular formula is C12H11NO4. The fourth-order valence-electron chi connectivity index (χ4n) is 1.72. The van der Waals surface area contributed by atoms with E-state index in [0.29, 0.717) is 29.0 Å². The summed E-state index contributed by atoms with van der Waals surface area (Å²) in [5.41, 5.74) is 1.33. The number of carbonyl (C=O) groups excluding carboxylic acids is 2. The van der Waals surface area contributed by atoms with E-state index in [9.17, 15) is 9.59 Å². The van der Waals surface area contributed by atoms with Crippen LogP contribution in [-0.2, 0) is 20.7 Å². The van der Waals surface area contributed by atoms with Crippen LogP contribution in [0, 0.1) is 0 Å². The zero-order chi connectivity index (χ0) is 12.4. The number of cyclic esters (lactones) is 2. The van der Waals surface area contributed by atoms with Crippen molar-refractivity contribution < 1.29 is 18.7 Å². The highest BCUT2D eigenvalue weighted by molar-refractivity contribution is 6.18. The Hall–Kier alpha value is -2.17. The van der Waals surface area contributed by atoms with E-state index in [-0.39, 0.29) is 0 Å². The summed E-state index contributed by atoms with van der Waals surface area (Å²) in [4.78, 5) is 26.8. The van der Waals surface area contributed by atoms with E-state index >= 15 is 0 Å². The maximum Gasteiger partial charge on any atom is 0.346 e. The van der Waals surface area contributed by atoms with Crippen molar-refractivity contribution in [2.75, 3.05) is 0 Å². The molecule has 2 rings (SSSR count). The van der Waals surface area contributed by atoms with E-state index in [1.165, 1.54) is 12.5 Å². The lowest BCUT2D eigenvalue weighted by atomic mass is 10.0. The summed E-state index contributed by atoms with van der Waals surface area (Å²) < 4.78 is 9.66. The van der Waals surface area contributed by atoms with Crippen LogP contribution < -0.4 is 0 Å². The van der Waals surface area contributed by atoms with Crippen molar-refractivity contribution in [3.63, 3.8) is 0 Å². The van der Waals surface area contributed by atoms with Crippen molar-refractivity contribution in [2.24, 2.45) is 0 Å². The first-order valence-corrected chi connectivity index (χ1v) is 5.14. The van der Waals surface area contributed by atoms with Gasteiger partial charge in [0.05, 0.1) is 17.3 Å². The van der Waals surface area contributed by atoms with Crippen LogP contribution in [0.25, 0.3) is 0 Å². The molecule has 5 nitrogen and oxygen atoms in total. The molecule has 0 unspecified atom stereocenters. The van der Waals surface area contributed by atoms with E-state index in [1.807, 2.05) is 0 Å². The largest absolute Gasteiger partial charge is 0.449 e. The number of aromatic nitrogens is 1. The summed E-state index contributed by atoms with van der Waals surface area (Å²) in [6.07, 6.45) is 4.94. The number of ether oxygens (including phenoxy) is 1. The Bertz CT molecular complexity index is 523. The van der Waals surface area contributed by atoms with Gasteiger partial charge in [-0.3, -0.25) is 0 Å². The molecule has 0 saturated carbocycles. The Kier molecular flexibility index (Phi) is 2.91. The topological polar surface area (TPSA) is 69.4 Å². The van der Waals surface area contributed by atoms with Crippen LogP contribution in [0.1, 0.15) is 19.7 Å². The first-order chi connectivity index (χ1) is 8.13. The summed E-state index contributed by atoms with van der Waals surface area (Å²) in [6, 6.07) is 0. The van der Waals surface area contributed by atoms with Gasteiger partial charge in [-0.2, -0.15) is 0 Å². The number of carbonyl (C=O) groups is 2. The van der Waals surface area contributed by atoms with E-state index in [4.69, 9.17) is 4.42 Å². The highest BCUT2D eigenvalue weighted by atomic mass is 16.6. The van der Waals surface area contributed by atoms with Crippen LogP contribution >= 0.6 is 0 Å². The summed E-state index contributed by atoms with van der Waals surface area (Å²) in [5.74, 6) is -0.705. The Labute approximate surface area is 97.8 Å². The lowest BCUT2D eigenvalue weighted by molar-refractivity contribution is -0.149. The van der Waals surface area contributed by atoms with Gasteiger partial charge in [0.15, 0.2) is 5.89 Å². The molecule has 17 heavy (non-hydrogen) atoms. The van der Waals surface area contributed by atoms with Crippen LogP contribution in [0.3, 0.4) is 0 Å². The van der Waals surface area contributed by atoms with Gasteiger partial charge in [0.2, 0.25) is 0 Å². The van der Waals surface area contributed by atoms with Crippen molar-refractivity contribution in [3.05, 3.63) is 41.1 Å². The highest BCUT2D eigenvalue weighted by Crippen LogP contribution is 2.26. The van der Waals surface area contributed by atoms with Crippen molar-refractivity contribution in [3.8, 4) is 0 Å². The van der Waals surface area contributed by atoms with Crippen LogP contribution in [0.5, 0.6) is 0 Å². The van der Waals surface area contributed by atoms with Crippen molar-refractivity contribution in [2.45, 2.75) is 20.3 Å². The predicted molar refractivity (Wildman–Crippen MR) is 57.8 cm³/mol. The zero-order valence-corrected chi connectivity index (χ0v) is 9.52. The molecule has 1 fully saturated rings. The number of rotatable bonds is 2. The monoisotopic (exact) mass is 233 g/mol. The molecule has 1 aliphatic heterocycles. The van der Waals surface area contributed by atoms with Crippen LogP contribution in [0.2, 0.25) is 0 Å². The normalized spacial score (nSPS) is 20.9. The van der Waals surface area contributed by atoms with Gasteiger partial charge in [0.25, 0.3) is 0 Å². The number of nitrogens with zero attached hydrogens (tertiary/aromatic N) is 1. The van der Waals surface area contributed by atoms with Crippen molar-refractivity contribution in [1.82, 2.24) is 4.98 Å². The standard InChI is InChI=1S/C12H11NO4/c1-3-8-10(12(15)17-11(8)14)7(2)6-9-13-4-5-16-9/h3-5H,6H2,1-2H3/b8-3-,10-7-. The molecule has 0 atom stereocenters. The maximum atomic E-state index is 11.5. The first kappa shape index (κ1) is 11.3. The third-order valence-corrected chi connectivity index (χ3v) is 2.49. The van der Waals surface area contributed by atoms with E-state index < -0.39 is 11.9 Å². The number of esters is 2. The molecule has 1 aromatic rings. The minimum atomic E-state index is -0.604. The SMILES string of the molecule is C/C=C1\C(=O)OC(=O)\C1=C(\C)Cc1ncco1. The molecule has 0 spiro atoms. The van der Waals surface area contributed by atoms with Crippen LogP contribution in [0.4, 0.5) is 0 Å². The van der Waals surface area contributed by atoms with Gasteiger partial charge in [-0.05, 0) is 19.4 Å². The van der Waals surface area contributed by atoms with Crippen molar-refractivity contribution in [1.29, 1.82) is 0 Å². The molecule has 1 saturated heterocycles. The van der Waals surface area contributed by atoms with Gasteiger partial charge in [0, 0.05) is 6.42 Å². The van der Waals surface area contributed by atoms with Crippen LogP contribution in [-0.4, -0.2) is 16.9 Å². The van der Waals surface area contributed by atoms with Gasteiger partial charge < -0.3 is 9.15 Å². The molecule has 0 aromatic carbocycles. The summed E-state index contributed by atoms with van der Waals surface area (Å²) in [6.45, 7) is 3.44. The van der Waals surface area contributed by atoms with E-state index in [1.54, 1.807) is 19.9 Å². The Morgan fingerprint density at radius 3 is 2.76 bits per heavy atom. The lowest BCUT2D eigenvalue weighted by Crippen LogP contribution is -2.01. The number of oxazole rings is 1. The van der Waals surface area contributed by atoms with E-state index in [2.05, 4.69) is 9.72 Å². The first-order valence-electron chi connectivity index (χ1n) is 5.14. The van der Waals surface area contributed by atoms with Gasteiger partial charge in [0.1, 0.15) is 6.26 Å². The third-order valence-electron chi connectivity index (χ3n) is 2.49. The minimum Gasteiger partial charge on any atom is -0.449 e. The molecule has 0 aliphatic carbocycles. The van der Waals surface area contributed by atoms with Gasteiger partial charge in [-0.25, -0.2) is 14.6 Å². The average molecular weight is 233 g/mol. The predicted octanol–water partition coefficient (Wildman–Crippen LogP) is 1.56. The number of hydrogen-bond donors (Lipinski definition) is 0. The molecule has 88 valence electrons. The second-order valence-corrected chi connectivity index (χ2v) is 3.64. The molecular weight excluding hydrogens is 222 g/mol.